The minimum Gasteiger partial charge on any atom is -0.356 e. The van der Waals surface area contributed by atoms with Gasteiger partial charge in [-0.15, -0.1) is 0 Å². The Morgan fingerprint density at radius 2 is 1.96 bits per heavy atom. The molecule has 0 spiro atoms. The molecule has 0 radical (unpaired) electrons. The average Bonchev–Trinajstić information content (AvgIpc) is 2.68. The van der Waals surface area contributed by atoms with E-state index in [1.165, 1.54) is 5.56 Å². The highest BCUT2D eigenvalue weighted by atomic mass is 15.3. The highest BCUT2D eigenvalue weighted by molar-refractivity contribution is 5.80. The number of aliphatic imine (C=N–C) groups is 1. The molecule has 2 N–H and O–H groups in total. The number of rotatable bonds is 4. The zero-order valence-electron chi connectivity index (χ0n) is 17.3. The molecule has 150 valence electrons. The van der Waals surface area contributed by atoms with Gasteiger partial charge < -0.3 is 20.4 Å². The lowest BCUT2D eigenvalue weighted by molar-refractivity contribution is 0.116. The van der Waals surface area contributed by atoms with Crippen molar-refractivity contribution in [2.75, 3.05) is 65.3 Å². The van der Waals surface area contributed by atoms with Gasteiger partial charge in [0.2, 0.25) is 0 Å². The molecule has 1 atom stereocenters. The first-order valence-corrected chi connectivity index (χ1v) is 10.1. The standard InChI is InChI=1S/C20H35N7/c1-16-5-6-19(22-13-16)27-9-7-17(8-10-27)24-20(21-2)23-14-18-15-25(3)11-12-26(18)4/h5-6,13,17-18H,7-12,14-15H2,1-4H3,(H2,21,23,24). The van der Waals surface area contributed by atoms with Crippen LogP contribution in [0.3, 0.4) is 0 Å². The summed E-state index contributed by atoms with van der Waals surface area (Å²) in [5, 5.41) is 7.14. The first-order valence-electron chi connectivity index (χ1n) is 10.1. The van der Waals surface area contributed by atoms with Crippen LogP contribution >= 0.6 is 0 Å². The molecule has 0 amide bonds. The molecular formula is C20H35N7. The van der Waals surface area contributed by atoms with Crippen LogP contribution in [0.4, 0.5) is 5.82 Å². The summed E-state index contributed by atoms with van der Waals surface area (Å²) in [5.74, 6) is 2.01. The van der Waals surface area contributed by atoms with E-state index in [-0.39, 0.29) is 0 Å². The molecule has 0 saturated carbocycles. The molecule has 3 heterocycles. The number of aryl methyl sites for hydroxylation is 1. The second-order valence-electron chi connectivity index (χ2n) is 7.95. The third kappa shape index (κ3) is 5.56. The number of anilines is 1. The molecular weight excluding hydrogens is 338 g/mol. The van der Waals surface area contributed by atoms with E-state index in [9.17, 15) is 0 Å². The van der Waals surface area contributed by atoms with Crippen molar-refractivity contribution >= 4 is 11.8 Å². The molecule has 27 heavy (non-hydrogen) atoms. The molecule has 1 aromatic heterocycles. The predicted octanol–water partition coefficient (Wildman–Crippen LogP) is 0.770. The molecule has 3 rings (SSSR count). The summed E-state index contributed by atoms with van der Waals surface area (Å²) in [6.45, 7) is 8.43. The fraction of sp³-hybridized carbons (Fsp3) is 0.700. The molecule has 1 unspecified atom stereocenters. The zero-order chi connectivity index (χ0) is 19.2. The van der Waals surface area contributed by atoms with Gasteiger partial charge in [-0.25, -0.2) is 4.98 Å². The fourth-order valence-corrected chi connectivity index (χ4v) is 3.82. The molecule has 1 aromatic rings. The van der Waals surface area contributed by atoms with Crippen molar-refractivity contribution in [3.63, 3.8) is 0 Å². The van der Waals surface area contributed by atoms with Gasteiger partial charge in [0.05, 0.1) is 0 Å². The summed E-state index contributed by atoms with van der Waals surface area (Å²) >= 11 is 0. The van der Waals surface area contributed by atoms with Crippen LogP contribution in [0.25, 0.3) is 0 Å². The molecule has 2 aliphatic heterocycles. The number of pyridine rings is 1. The number of aromatic nitrogens is 1. The normalized spacial score (nSPS) is 23.5. The van der Waals surface area contributed by atoms with Gasteiger partial charge in [-0.3, -0.25) is 9.89 Å². The van der Waals surface area contributed by atoms with Gasteiger partial charge >= 0.3 is 0 Å². The van der Waals surface area contributed by atoms with Crippen molar-refractivity contribution in [2.45, 2.75) is 31.8 Å². The molecule has 0 aliphatic carbocycles. The maximum atomic E-state index is 4.56. The van der Waals surface area contributed by atoms with E-state index in [1.807, 2.05) is 13.2 Å². The minimum absolute atomic E-state index is 0.463. The quantitative estimate of drug-likeness (QED) is 0.601. The summed E-state index contributed by atoms with van der Waals surface area (Å²) in [6.07, 6.45) is 4.15. The summed E-state index contributed by atoms with van der Waals surface area (Å²) in [7, 11) is 6.27. The van der Waals surface area contributed by atoms with Gasteiger partial charge in [0.1, 0.15) is 5.82 Å². The maximum absolute atomic E-state index is 4.56. The van der Waals surface area contributed by atoms with Crippen LogP contribution in [0.5, 0.6) is 0 Å². The second kappa shape index (κ2) is 9.37. The number of piperidine rings is 1. The van der Waals surface area contributed by atoms with E-state index < -0.39 is 0 Å². The highest BCUT2D eigenvalue weighted by Gasteiger charge is 2.24. The highest BCUT2D eigenvalue weighted by Crippen LogP contribution is 2.18. The van der Waals surface area contributed by atoms with E-state index in [4.69, 9.17) is 0 Å². The number of guanidine groups is 1. The Balaban J connectivity index is 1.43. The Hall–Kier alpha value is -1.86. The number of nitrogens with zero attached hydrogens (tertiary/aromatic N) is 5. The second-order valence-corrected chi connectivity index (χ2v) is 7.95. The summed E-state index contributed by atoms with van der Waals surface area (Å²) in [5.41, 5.74) is 1.21. The first-order chi connectivity index (χ1) is 13.0. The number of likely N-dealkylation sites (N-methyl/N-ethyl adjacent to an activating group) is 2. The van der Waals surface area contributed by atoms with Gasteiger partial charge in [0.15, 0.2) is 5.96 Å². The van der Waals surface area contributed by atoms with E-state index >= 15 is 0 Å². The molecule has 2 saturated heterocycles. The maximum Gasteiger partial charge on any atom is 0.191 e. The summed E-state index contributed by atoms with van der Waals surface area (Å²) in [6, 6.07) is 5.25. The summed E-state index contributed by atoms with van der Waals surface area (Å²) in [4.78, 5) is 16.2. The lowest BCUT2D eigenvalue weighted by Crippen LogP contribution is -2.56. The van der Waals surface area contributed by atoms with Crippen LogP contribution in [0, 0.1) is 6.92 Å². The number of nitrogens with one attached hydrogen (secondary N) is 2. The van der Waals surface area contributed by atoms with Crippen molar-refractivity contribution in [3.05, 3.63) is 23.9 Å². The van der Waals surface area contributed by atoms with E-state index in [0.29, 0.717) is 12.1 Å². The van der Waals surface area contributed by atoms with Gasteiger partial charge in [-0.1, -0.05) is 6.07 Å². The fourth-order valence-electron chi connectivity index (χ4n) is 3.82. The Kier molecular flexibility index (Phi) is 6.90. The minimum atomic E-state index is 0.463. The molecule has 0 bridgehead atoms. The van der Waals surface area contributed by atoms with E-state index in [0.717, 1.165) is 63.9 Å². The molecule has 2 aliphatic rings. The molecule has 2 fully saturated rings. The average molecular weight is 374 g/mol. The van der Waals surface area contributed by atoms with Crippen LogP contribution in [0.2, 0.25) is 0 Å². The Labute approximate surface area is 163 Å². The largest absolute Gasteiger partial charge is 0.356 e. The van der Waals surface area contributed by atoms with Crippen molar-refractivity contribution in [2.24, 2.45) is 4.99 Å². The topological polar surface area (TPSA) is 59.0 Å². The van der Waals surface area contributed by atoms with Crippen LogP contribution < -0.4 is 15.5 Å². The monoisotopic (exact) mass is 373 g/mol. The van der Waals surface area contributed by atoms with E-state index in [2.05, 4.69) is 68.5 Å². The molecule has 7 heteroatoms. The number of piperazine rings is 1. The predicted molar refractivity (Wildman–Crippen MR) is 113 cm³/mol. The van der Waals surface area contributed by atoms with Gasteiger partial charge in [-0.2, -0.15) is 0 Å². The van der Waals surface area contributed by atoms with Gasteiger partial charge in [0.25, 0.3) is 0 Å². The SMILES string of the molecule is CN=C(NCC1CN(C)CCN1C)NC1CCN(c2ccc(C)cn2)CC1. The smallest absolute Gasteiger partial charge is 0.191 e. The van der Waals surface area contributed by atoms with Gasteiger partial charge in [0, 0.05) is 64.6 Å². The lowest BCUT2D eigenvalue weighted by Gasteiger charge is -2.38. The van der Waals surface area contributed by atoms with E-state index in [1.54, 1.807) is 0 Å². The van der Waals surface area contributed by atoms with Crippen LogP contribution in [-0.4, -0.2) is 93.2 Å². The van der Waals surface area contributed by atoms with Gasteiger partial charge in [-0.05, 0) is 45.5 Å². The van der Waals surface area contributed by atoms with Crippen molar-refractivity contribution in [1.82, 2.24) is 25.4 Å². The third-order valence-corrected chi connectivity index (χ3v) is 5.76. The number of hydrogen-bond acceptors (Lipinski definition) is 5. The third-order valence-electron chi connectivity index (χ3n) is 5.76. The Bertz CT molecular complexity index is 607. The van der Waals surface area contributed by atoms with Crippen molar-refractivity contribution in [1.29, 1.82) is 0 Å². The van der Waals surface area contributed by atoms with Crippen molar-refractivity contribution in [3.8, 4) is 0 Å². The van der Waals surface area contributed by atoms with Crippen LogP contribution in [0.1, 0.15) is 18.4 Å². The zero-order valence-corrected chi connectivity index (χ0v) is 17.3. The molecule has 7 nitrogen and oxygen atoms in total. The summed E-state index contributed by atoms with van der Waals surface area (Å²) < 4.78 is 0. The Morgan fingerprint density at radius 3 is 2.63 bits per heavy atom. The van der Waals surface area contributed by atoms with Crippen molar-refractivity contribution < 1.29 is 0 Å². The molecule has 0 aromatic carbocycles. The van der Waals surface area contributed by atoms with Crippen LogP contribution in [-0.2, 0) is 0 Å². The number of hydrogen-bond donors (Lipinski definition) is 2. The Morgan fingerprint density at radius 1 is 1.19 bits per heavy atom. The van der Waals surface area contributed by atoms with Crippen LogP contribution in [0.15, 0.2) is 23.3 Å². The lowest BCUT2D eigenvalue weighted by atomic mass is 10.1. The first kappa shape index (κ1) is 19.9.